The molecular formula is C16H21N3O2. The summed E-state index contributed by atoms with van der Waals surface area (Å²) in [5, 5.41) is 13.2. The van der Waals surface area contributed by atoms with Crippen LogP contribution in [0.25, 0.3) is 0 Å². The molecular weight excluding hydrogens is 266 g/mol. The molecule has 0 aliphatic carbocycles. The van der Waals surface area contributed by atoms with Crippen molar-refractivity contribution >= 4 is 5.91 Å². The quantitative estimate of drug-likeness (QED) is 0.814. The minimum atomic E-state index is -1.05. The normalized spacial score (nSPS) is 13.6. The van der Waals surface area contributed by atoms with Crippen LogP contribution >= 0.6 is 0 Å². The van der Waals surface area contributed by atoms with Gasteiger partial charge in [0.05, 0.1) is 12.9 Å². The predicted octanol–water partition coefficient (Wildman–Crippen LogP) is 1.69. The zero-order chi connectivity index (χ0) is 15.1. The van der Waals surface area contributed by atoms with E-state index in [9.17, 15) is 9.90 Å². The molecule has 2 rings (SSSR count). The van der Waals surface area contributed by atoms with Gasteiger partial charge in [-0.15, -0.1) is 0 Å². The van der Waals surface area contributed by atoms with Gasteiger partial charge < -0.3 is 15.0 Å². The summed E-state index contributed by atoms with van der Waals surface area (Å²) in [5.74, 6) is -0.0497. The standard InChI is InChI=1S/C16H21N3O2/c1-16(21,14-6-3-2-4-7-14)12-18-15(20)8-5-10-19-11-9-17-13-19/h2-4,6-7,9,11,13,21H,5,8,10,12H2,1H3,(H,18,20)/t16-/m0/s1. The van der Waals surface area contributed by atoms with Crippen molar-refractivity contribution in [1.29, 1.82) is 0 Å². The number of carbonyl (C=O) groups excluding carboxylic acids is 1. The summed E-state index contributed by atoms with van der Waals surface area (Å²) in [5.41, 5.74) is -0.259. The van der Waals surface area contributed by atoms with E-state index in [-0.39, 0.29) is 12.5 Å². The van der Waals surface area contributed by atoms with E-state index >= 15 is 0 Å². The highest BCUT2D eigenvalue weighted by molar-refractivity contribution is 5.75. The van der Waals surface area contributed by atoms with Crippen molar-refractivity contribution in [3.05, 3.63) is 54.6 Å². The van der Waals surface area contributed by atoms with E-state index < -0.39 is 5.60 Å². The SMILES string of the molecule is C[C@](O)(CNC(=O)CCCn1ccnc1)c1ccccc1. The monoisotopic (exact) mass is 287 g/mol. The van der Waals surface area contributed by atoms with E-state index in [0.29, 0.717) is 6.42 Å². The van der Waals surface area contributed by atoms with E-state index in [1.165, 1.54) is 0 Å². The Kier molecular flexibility index (Phi) is 5.11. The molecule has 1 aromatic carbocycles. The van der Waals surface area contributed by atoms with Crippen LogP contribution in [0.5, 0.6) is 0 Å². The summed E-state index contributed by atoms with van der Waals surface area (Å²) in [7, 11) is 0. The van der Waals surface area contributed by atoms with Gasteiger partial charge in [0.15, 0.2) is 0 Å². The summed E-state index contributed by atoms with van der Waals surface area (Å²) in [6.07, 6.45) is 6.51. The van der Waals surface area contributed by atoms with Gasteiger partial charge in [-0.25, -0.2) is 4.98 Å². The molecule has 0 aliphatic heterocycles. The molecule has 0 saturated heterocycles. The molecule has 5 heteroatoms. The number of benzene rings is 1. The van der Waals surface area contributed by atoms with Gasteiger partial charge in [0.1, 0.15) is 5.60 Å². The van der Waals surface area contributed by atoms with E-state index in [4.69, 9.17) is 0 Å². The second-order valence-electron chi connectivity index (χ2n) is 5.32. The van der Waals surface area contributed by atoms with Gasteiger partial charge in [-0.05, 0) is 18.9 Å². The second-order valence-corrected chi connectivity index (χ2v) is 5.32. The third-order valence-corrected chi connectivity index (χ3v) is 3.40. The highest BCUT2D eigenvalue weighted by Crippen LogP contribution is 2.18. The number of nitrogens with zero attached hydrogens (tertiary/aromatic N) is 2. The molecule has 1 amide bonds. The predicted molar refractivity (Wildman–Crippen MR) is 80.5 cm³/mol. The summed E-state index contributed by atoms with van der Waals surface area (Å²) in [4.78, 5) is 15.8. The molecule has 0 radical (unpaired) electrons. The molecule has 1 aromatic heterocycles. The largest absolute Gasteiger partial charge is 0.384 e. The van der Waals surface area contributed by atoms with Crippen molar-refractivity contribution in [3.63, 3.8) is 0 Å². The van der Waals surface area contributed by atoms with Crippen LogP contribution in [0.2, 0.25) is 0 Å². The Hall–Kier alpha value is -2.14. The molecule has 5 nitrogen and oxygen atoms in total. The average Bonchev–Trinajstić information content (AvgIpc) is 2.99. The van der Waals surface area contributed by atoms with Crippen LogP contribution in [0, 0.1) is 0 Å². The summed E-state index contributed by atoms with van der Waals surface area (Å²) < 4.78 is 1.94. The Labute approximate surface area is 124 Å². The molecule has 1 heterocycles. The fourth-order valence-electron chi connectivity index (χ4n) is 2.10. The molecule has 0 aliphatic rings. The van der Waals surface area contributed by atoms with Gasteiger partial charge in [-0.2, -0.15) is 0 Å². The smallest absolute Gasteiger partial charge is 0.220 e. The Morgan fingerprint density at radius 3 is 2.81 bits per heavy atom. The number of rotatable bonds is 7. The second kappa shape index (κ2) is 7.04. The first kappa shape index (κ1) is 15.3. The molecule has 2 N–H and O–H groups in total. The van der Waals surface area contributed by atoms with E-state index in [2.05, 4.69) is 10.3 Å². The van der Waals surface area contributed by atoms with Crippen LogP contribution in [-0.2, 0) is 16.9 Å². The number of carbonyl (C=O) groups is 1. The van der Waals surface area contributed by atoms with E-state index in [1.54, 1.807) is 19.4 Å². The molecule has 0 unspecified atom stereocenters. The number of nitrogens with one attached hydrogen (secondary N) is 1. The first-order valence-electron chi connectivity index (χ1n) is 7.08. The zero-order valence-electron chi connectivity index (χ0n) is 12.2. The maximum Gasteiger partial charge on any atom is 0.220 e. The lowest BCUT2D eigenvalue weighted by atomic mass is 9.96. The van der Waals surface area contributed by atoms with Crippen LogP contribution in [0.15, 0.2) is 49.1 Å². The number of imidazole rings is 1. The fraction of sp³-hybridized carbons (Fsp3) is 0.375. The number of hydrogen-bond acceptors (Lipinski definition) is 3. The highest BCUT2D eigenvalue weighted by Gasteiger charge is 2.23. The number of hydrogen-bond donors (Lipinski definition) is 2. The molecule has 0 saturated carbocycles. The van der Waals surface area contributed by atoms with Crippen molar-refractivity contribution in [2.75, 3.05) is 6.54 Å². The van der Waals surface area contributed by atoms with Crippen LogP contribution in [0.3, 0.4) is 0 Å². The third-order valence-electron chi connectivity index (χ3n) is 3.40. The molecule has 0 bridgehead atoms. The molecule has 0 spiro atoms. The van der Waals surface area contributed by atoms with Gasteiger partial charge in [0.2, 0.25) is 5.91 Å². The van der Waals surface area contributed by atoms with Crippen LogP contribution in [-0.4, -0.2) is 27.1 Å². The lowest BCUT2D eigenvalue weighted by Crippen LogP contribution is -2.38. The first-order valence-corrected chi connectivity index (χ1v) is 7.08. The van der Waals surface area contributed by atoms with Crippen LogP contribution in [0.4, 0.5) is 0 Å². The number of amides is 1. The topological polar surface area (TPSA) is 67.2 Å². The van der Waals surface area contributed by atoms with Crippen molar-refractivity contribution in [1.82, 2.24) is 14.9 Å². The van der Waals surface area contributed by atoms with Gasteiger partial charge in [0.25, 0.3) is 0 Å². The lowest BCUT2D eigenvalue weighted by Gasteiger charge is -2.24. The van der Waals surface area contributed by atoms with Crippen molar-refractivity contribution < 1.29 is 9.90 Å². The molecule has 1 atom stereocenters. The van der Waals surface area contributed by atoms with Gasteiger partial charge in [-0.3, -0.25) is 4.79 Å². The maximum atomic E-state index is 11.8. The molecule has 21 heavy (non-hydrogen) atoms. The Morgan fingerprint density at radius 2 is 2.14 bits per heavy atom. The van der Waals surface area contributed by atoms with Crippen molar-refractivity contribution in [3.8, 4) is 0 Å². The zero-order valence-corrected chi connectivity index (χ0v) is 12.2. The summed E-state index contributed by atoms with van der Waals surface area (Å²) in [6.45, 7) is 2.68. The van der Waals surface area contributed by atoms with Gasteiger partial charge >= 0.3 is 0 Å². The highest BCUT2D eigenvalue weighted by atomic mass is 16.3. The van der Waals surface area contributed by atoms with Crippen molar-refractivity contribution in [2.45, 2.75) is 31.9 Å². The number of aliphatic hydroxyl groups is 1. The minimum absolute atomic E-state index is 0.0497. The van der Waals surface area contributed by atoms with Gasteiger partial charge in [0, 0.05) is 25.4 Å². The maximum absolute atomic E-state index is 11.8. The molecule has 2 aromatic rings. The van der Waals surface area contributed by atoms with Crippen molar-refractivity contribution in [2.24, 2.45) is 0 Å². The average molecular weight is 287 g/mol. The summed E-state index contributed by atoms with van der Waals surface area (Å²) in [6, 6.07) is 9.35. The van der Waals surface area contributed by atoms with Crippen LogP contribution < -0.4 is 5.32 Å². The minimum Gasteiger partial charge on any atom is -0.384 e. The third kappa shape index (κ3) is 4.72. The number of aromatic nitrogens is 2. The summed E-state index contributed by atoms with van der Waals surface area (Å²) >= 11 is 0. The van der Waals surface area contributed by atoms with Crippen LogP contribution in [0.1, 0.15) is 25.3 Å². The van der Waals surface area contributed by atoms with E-state index in [1.807, 2.05) is 41.1 Å². The van der Waals surface area contributed by atoms with Gasteiger partial charge in [-0.1, -0.05) is 30.3 Å². The Morgan fingerprint density at radius 1 is 1.38 bits per heavy atom. The number of aryl methyl sites for hydroxylation is 1. The van der Waals surface area contributed by atoms with E-state index in [0.717, 1.165) is 18.5 Å². The molecule has 0 fully saturated rings. The fourth-order valence-corrected chi connectivity index (χ4v) is 2.10. The Balaban J connectivity index is 1.73. The lowest BCUT2D eigenvalue weighted by molar-refractivity contribution is -0.122. The Bertz CT molecular complexity index is 550. The first-order chi connectivity index (χ1) is 10.1. The molecule has 112 valence electrons.